The molecule has 1 unspecified atom stereocenters. The number of para-hydroxylation sites is 1. The number of amidine groups is 1. The Balaban J connectivity index is 2.38. The highest BCUT2D eigenvalue weighted by atomic mass is 16.5. The Kier molecular flexibility index (Phi) is 4.04. The van der Waals surface area contributed by atoms with Crippen molar-refractivity contribution in [2.75, 3.05) is 13.2 Å². The predicted molar refractivity (Wildman–Crippen MR) is 73.6 cm³/mol. The van der Waals surface area contributed by atoms with Crippen LogP contribution in [-0.2, 0) is 0 Å². The van der Waals surface area contributed by atoms with Gasteiger partial charge in [0.25, 0.3) is 0 Å². The molecule has 2 N–H and O–H groups in total. The van der Waals surface area contributed by atoms with Crippen LogP contribution < -0.4 is 10.1 Å². The summed E-state index contributed by atoms with van der Waals surface area (Å²) in [7, 11) is 0. The van der Waals surface area contributed by atoms with Crippen molar-refractivity contribution in [2.45, 2.75) is 26.3 Å². The summed E-state index contributed by atoms with van der Waals surface area (Å²) in [6.45, 7) is 5.12. The number of amides is 2. The molecule has 1 aromatic rings. The lowest BCUT2D eigenvalue weighted by Gasteiger charge is -2.24. The summed E-state index contributed by atoms with van der Waals surface area (Å²) in [5.74, 6) is 0.947. The molecule has 1 saturated heterocycles. The van der Waals surface area contributed by atoms with Crippen LogP contribution in [0.15, 0.2) is 24.3 Å². The van der Waals surface area contributed by atoms with E-state index in [9.17, 15) is 4.79 Å². The number of carbonyl (C=O) groups is 1. The largest absolute Gasteiger partial charge is 0.494 e. The third-order valence-corrected chi connectivity index (χ3v) is 3.07. The first-order valence-electron chi connectivity index (χ1n) is 6.56. The maximum Gasteiger partial charge on any atom is 0.323 e. The summed E-state index contributed by atoms with van der Waals surface area (Å²) < 4.78 is 5.60. The van der Waals surface area contributed by atoms with Crippen LogP contribution in [0.3, 0.4) is 0 Å². The van der Waals surface area contributed by atoms with E-state index in [4.69, 9.17) is 10.1 Å². The zero-order chi connectivity index (χ0) is 13.8. The number of nitrogens with one attached hydrogen (secondary N) is 2. The third-order valence-electron chi connectivity index (χ3n) is 3.07. The number of nitrogens with zero attached hydrogens (tertiary/aromatic N) is 1. The number of hydrogen-bond donors (Lipinski definition) is 2. The maximum absolute atomic E-state index is 11.9. The Labute approximate surface area is 113 Å². The third kappa shape index (κ3) is 2.54. The molecule has 0 bridgehead atoms. The molecule has 102 valence electrons. The molecule has 0 aromatic heterocycles. The average Bonchev–Trinajstić information content (AvgIpc) is 2.66. The molecule has 1 atom stereocenters. The van der Waals surface area contributed by atoms with Gasteiger partial charge in [0.05, 0.1) is 6.61 Å². The summed E-state index contributed by atoms with van der Waals surface area (Å²) in [5.41, 5.74) is 0.862. The van der Waals surface area contributed by atoms with Gasteiger partial charge in [-0.2, -0.15) is 0 Å². The summed E-state index contributed by atoms with van der Waals surface area (Å²) in [6.07, 6.45) is 0.855. The number of hydrogen-bond acceptors (Lipinski definition) is 3. The van der Waals surface area contributed by atoms with Crippen LogP contribution in [0.25, 0.3) is 0 Å². The van der Waals surface area contributed by atoms with Crippen molar-refractivity contribution in [2.24, 2.45) is 0 Å². The van der Waals surface area contributed by atoms with Gasteiger partial charge in [-0.05, 0) is 19.4 Å². The fourth-order valence-corrected chi connectivity index (χ4v) is 2.32. The van der Waals surface area contributed by atoms with E-state index in [1.54, 1.807) is 4.90 Å². The zero-order valence-electron chi connectivity index (χ0n) is 11.3. The summed E-state index contributed by atoms with van der Waals surface area (Å²) in [6, 6.07) is 7.01. The minimum absolute atomic E-state index is 0.205. The lowest BCUT2D eigenvalue weighted by Crippen LogP contribution is -2.30. The van der Waals surface area contributed by atoms with Gasteiger partial charge in [0.2, 0.25) is 0 Å². The number of urea groups is 1. The zero-order valence-corrected chi connectivity index (χ0v) is 11.3. The van der Waals surface area contributed by atoms with Crippen LogP contribution in [0.1, 0.15) is 31.9 Å². The van der Waals surface area contributed by atoms with Crippen LogP contribution in [0, 0.1) is 5.41 Å². The Hall–Kier alpha value is -2.04. The van der Waals surface area contributed by atoms with Crippen molar-refractivity contribution in [3.8, 4) is 5.75 Å². The molecule has 19 heavy (non-hydrogen) atoms. The maximum atomic E-state index is 11.9. The Morgan fingerprint density at radius 2 is 2.11 bits per heavy atom. The van der Waals surface area contributed by atoms with Crippen molar-refractivity contribution >= 4 is 11.9 Å². The van der Waals surface area contributed by atoms with Crippen molar-refractivity contribution in [3.05, 3.63) is 29.8 Å². The fourth-order valence-electron chi connectivity index (χ4n) is 2.32. The molecular weight excluding hydrogens is 242 g/mol. The van der Waals surface area contributed by atoms with Crippen molar-refractivity contribution in [3.63, 3.8) is 0 Å². The highest BCUT2D eigenvalue weighted by Gasteiger charge is 2.37. The normalized spacial score (nSPS) is 18.6. The highest BCUT2D eigenvalue weighted by molar-refractivity contribution is 6.06. The summed E-state index contributed by atoms with van der Waals surface area (Å²) in [5, 5.41) is 10.6. The molecule has 0 aliphatic carbocycles. The highest BCUT2D eigenvalue weighted by Crippen LogP contribution is 2.32. The van der Waals surface area contributed by atoms with Gasteiger partial charge in [-0.3, -0.25) is 10.7 Å². The Bertz CT molecular complexity index is 487. The molecule has 0 radical (unpaired) electrons. The van der Waals surface area contributed by atoms with Gasteiger partial charge in [0.1, 0.15) is 17.6 Å². The molecule has 1 heterocycles. The minimum Gasteiger partial charge on any atom is -0.494 e. The first-order valence-corrected chi connectivity index (χ1v) is 6.56. The van der Waals surface area contributed by atoms with E-state index in [2.05, 4.69) is 5.32 Å². The standard InChI is InChI=1S/C14H19N3O2/c1-3-9-17-12(13(15)16-14(17)18)10-7-5-6-8-11(10)19-4-2/h5-8,12H,3-4,9H2,1-2H3,(H2,15,16,18). The van der Waals surface area contributed by atoms with Gasteiger partial charge >= 0.3 is 6.03 Å². The van der Waals surface area contributed by atoms with Crippen LogP contribution in [0.4, 0.5) is 4.79 Å². The molecular formula is C14H19N3O2. The van der Waals surface area contributed by atoms with E-state index in [1.165, 1.54) is 0 Å². The second-order valence-corrected chi connectivity index (χ2v) is 4.41. The van der Waals surface area contributed by atoms with Crippen LogP contribution in [0.5, 0.6) is 5.75 Å². The minimum atomic E-state index is -0.366. The summed E-state index contributed by atoms with van der Waals surface area (Å²) in [4.78, 5) is 13.5. The molecule has 5 heteroatoms. The predicted octanol–water partition coefficient (Wildman–Crippen LogP) is 2.54. The van der Waals surface area contributed by atoms with Crippen LogP contribution >= 0.6 is 0 Å². The van der Waals surface area contributed by atoms with E-state index >= 15 is 0 Å². The van der Waals surface area contributed by atoms with Gasteiger partial charge in [0.15, 0.2) is 0 Å². The second kappa shape index (κ2) is 5.73. The quantitative estimate of drug-likeness (QED) is 0.855. The first kappa shape index (κ1) is 13.4. The van der Waals surface area contributed by atoms with Gasteiger partial charge < -0.3 is 9.64 Å². The van der Waals surface area contributed by atoms with Gasteiger partial charge in [-0.15, -0.1) is 0 Å². The molecule has 1 aliphatic rings. The van der Waals surface area contributed by atoms with Crippen LogP contribution in [0.2, 0.25) is 0 Å². The van der Waals surface area contributed by atoms with E-state index in [0.29, 0.717) is 13.2 Å². The molecule has 1 aliphatic heterocycles. The molecule has 5 nitrogen and oxygen atoms in total. The topological polar surface area (TPSA) is 65.4 Å². The molecule has 1 aromatic carbocycles. The molecule has 2 amide bonds. The second-order valence-electron chi connectivity index (χ2n) is 4.41. The monoisotopic (exact) mass is 261 g/mol. The average molecular weight is 261 g/mol. The van der Waals surface area contributed by atoms with E-state index in [0.717, 1.165) is 17.7 Å². The van der Waals surface area contributed by atoms with Crippen LogP contribution in [-0.4, -0.2) is 29.9 Å². The van der Waals surface area contributed by atoms with Gasteiger partial charge in [-0.1, -0.05) is 25.1 Å². The first-order chi connectivity index (χ1) is 9.19. The van der Waals surface area contributed by atoms with Crippen molar-refractivity contribution in [1.29, 1.82) is 5.41 Å². The number of carbonyl (C=O) groups excluding carboxylic acids is 1. The van der Waals surface area contributed by atoms with Crippen molar-refractivity contribution in [1.82, 2.24) is 10.2 Å². The van der Waals surface area contributed by atoms with Crippen molar-refractivity contribution < 1.29 is 9.53 Å². The Morgan fingerprint density at radius 1 is 1.37 bits per heavy atom. The fraction of sp³-hybridized carbons (Fsp3) is 0.429. The van der Waals surface area contributed by atoms with E-state index < -0.39 is 0 Å². The number of rotatable bonds is 5. The molecule has 0 saturated carbocycles. The van der Waals surface area contributed by atoms with E-state index in [-0.39, 0.29) is 17.9 Å². The van der Waals surface area contributed by atoms with Gasteiger partial charge in [0, 0.05) is 12.1 Å². The van der Waals surface area contributed by atoms with E-state index in [1.807, 2.05) is 38.1 Å². The lowest BCUT2D eigenvalue weighted by atomic mass is 10.0. The molecule has 1 fully saturated rings. The molecule has 2 rings (SSSR count). The summed E-state index contributed by atoms with van der Waals surface area (Å²) >= 11 is 0. The number of ether oxygens (including phenoxy) is 1. The van der Waals surface area contributed by atoms with Gasteiger partial charge in [-0.25, -0.2) is 4.79 Å². The number of benzene rings is 1. The SMILES string of the molecule is CCCN1C(=O)NC(=N)C1c1ccccc1OCC. The molecule has 0 spiro atoms. The smallest absolute Gasteiger partial charge is 0.323 e. The lowest BCUT2D eigenvalue weighted by molar-refractivity contribution is 0.205. The Morgan fingerprint density at radius 3 is 2.79 bits per heavy atom.